The van der Waals surface area contributed by atoms with Gasteiger partial charge < -0.3 is 10.2 Å². The summed E-state index contributed by atoms with van der Waals surface area (Å²) < 4.78 is 26.1. The Kier molecular flexibility index (Phi) is 11.5. The van der Waals surface area contributed by atoms with Gasteiger partial charge in [0.15, 0.2) is 0 Å². The molecule has 0 bridgehead atoms. The first kappa shape index (κ1) is 29.9. The Morgan fingerprint density at radius 1 is 1.08 bits per heavy atom. The summed E-state index contributed by atoms with van der Waals surface area (Å²) in [6, 6.07) is 11.7. The number of aryl methyl sites for hydroxylation is 1. The van der Waals surface area contributed by atoms with Crippen LogP contribution in [0.4, 0.5) is 5.69 Å². The molecule has 10 heteroatoms. The van der Waals surface area contributed by atoms with Gasteiger partial charge in [0.25, 0.3) is 0 Å². The third-order valence-corrected chi connectivity index (χ3v) is 7.50. The van der Waals surface area contributed by atoms with Crippen molar-refractivity contribution in [3.05, 3.63) is 63.6 Å². The molecule has 0 aliphatic carbocycles. The molecular formula is C26H35Cl2N3O4S. The molecule has 0 unspecified atom stereocenters. The lowest BCUT2D eigenvalue weighted by atomic mass is 10.1. The van der Waals surface area contributed by atoms with E-state index in [-0.39, 0.29) is 48.5 Å². The van der Waals surface area contributed by atoms with Crippen LogP contribution in [0.25, 0.3) is 0 Å². The summed E-state index contributed by atoms with van der Waals surface area (Å²) in [6.45, 7) is 6.59. The second-order valence-electron chi connectivity index (χ2n) is 8.87. The van der Waals surface area contributed by atoms with Crippen LogP contribution < -0.4 is 9.62 Å². The van der Waals surface area contributed by atoms with Gasteiger partial charge in [-0.15, -0.1) is 0 Å². The number of halogens is 2. The number of rotatable bonds is 13. The molecule has 0 heterocycles. The monoisotopic (exact) mass is 555 g/mol. The lowest BCUT2D eigenvalue weighted by Gasteiger charge is -2.29. The SMILES string of the molecule is CCCCNC(=O)[C@H](C)N(Cc1cccc(C)c1)C(=O)CCCN(c1cc(Cl)ccc1Cl)S(C)(=O)=O. The second kappa shape index (κ2) is 13.9. The fourth-order valence-corrected chi connectivity index (χ4v) is 5.19. The van der Waals surface area contributed by atoms with E-state index in [1.807, 2.05) is 38.1 Å². The van der Waals surface area contributed by atoms with Gasteiger partial charge in [-0.2, -0.15) is 0 Å². The van der Waals surface area contributed by atoms with Crippen LogP contribution in [0.1, 0.15) is 50.7 Å². The average molecular weight is 557 g/mol. The Balaban J connectivity index is 2.18. The van der Waals surface area contributed by atoms with Crippen LogP contribution in [0.2, 0.25) is 10.0 Å². The molecule has 0 aromatic heterocycles. The summed E-state index contributed by atoms with van der Waals surface area (Å²) in [5.74, 6) is -0.451. The van der Waals surface area contributed by atoms with E-state index in [4.69, 9.17) is 23.2 Å². The van der Waals surface area contributed by atoms with Crippen LogP contribution in [0.15, 0.2) is 42.5 Å². The minimum atomic E-state index is -3.67. The van der Waals surface area contributed by atoms with Crippen molar-refractivity contribution in [1.29, 1.82) is 0 Å². The molecule has 0 spiro atoms. The average Bonchev–Trinajstić information content (AvgIpc) is 2.81. The van der Waals surface area contributed by atoms with Crippen LogP contribution in [-0.2, 0) is 26.2 Å². The van der Waals surface area contributed by atoms with Gasteiger partial charge in [0.2, 0.25) is 21.8 Å². The predicted octanol–water partition coefficient (Wildman–Crippen LogP) is 5.18. The van der Waals surface area contributed by atoms with Crippen LogP contribution in [0, 0.1) is 6.92 Å². The molecular weight excluding hydrogens is 521 g/mol. The van der Waals surface area contributed by atoms with Gasteiger partial charge >= 0.3 is 0 Å². The Morgan fingerprint density at radius 2 is 1.81 bits per heavy atom. The van der Waals surface area contributed by atoms with Crippen LogP contribution in [0.5, 0.6) is 0 Å². The third-order valence-electron chi connectivity index (χ3n) is 5.76. The van der Waals surface area contributed by atoms with E-state index in [1.165, 1.54) is 12.1 Å². The number of nitrogens with zero attached hydrogens (tertiary/aromatic N) is 2. The highest BCUT2D eigenvalue weighted by Gasteiger charge is 2.27. The number of anilines is 1. The zero-order valence-corrected chi connectivity index (χ0v) is 23.6. The van der Waals surface area contributed by atoms with Crippen LogP contribution in [0.3, 0.4) is 0 Å². The largest absolute Gasteiger partial charge is 0.354 e. The molecule has 7 nitrogen and oxygen atoms in total. The molecule has 0 aliphatic heterocycles. The molecule has 36 heavy (non-hydrogen) atoms. The first-order valence-electron chi connectivity index (χ1n) is 12.0. The molecule has 1 atom stereocenters. The molecule has 0 radical (unpaired) electrons. The van der Waals surface area contributed by atoms with E-state index in [0.717, 1.165) is 34.5 Å². The van der Waals surface area contributed by atoms with E-state index < -0.39 is 16.1 Å². The zero-order chi connectivity index (χ0) is 26.9. The topological polar surface area (TPSA) is 86.8 Å². The lowest BCUT2D eigenvalue weighted by molar-refractivity contribution is -0.140. The van der Waals surface area contributed by atoms with Gasteiger partial charge in [-0.05, 0) is 50.5 Å². The van der Waals surface area contributed by atoms with E-state index >= 15 is 0 Å². The molecule has 198 valence electrons. The zero-order valence-electron chi connectivity index (χ0n) is 21.3. The fraction of sp³-hybridized carbons (Fsp3) is 0.462. The van der Waals surface area contributed by atoms with Crippen molar-refractivity contribution in [3.63, 3.8) is 0 Å². The van der Waals surface area contributed by atoms with E-state index in [1.54, 1.807) is 17.9 Å². The first-order valence-corrected chi connectivity index (χ1v) is 14.6. The molecule has 0 saturated heterocycles. The van der Waals surface area contributed by atoms with Gasteiger partial charge in [0, 0.05) is 31.1 Å². The van der Waals surface area contributed by atoms with Gasteiger partial charge in [0.1, 0.15) is 6.04 Å². The number of unbranched alkanes of at least 4 members (excludes halogenated alkanes) is 1. The number of carbonyl (C=O) groups excluding carboxylic acids is 2. The number of carbonyl (C=O) groups is 2. The summed E-state index contributed by atoms with van der Waals surface area (Å²) in [5.41, 5.74) is 2.24. The maximum Gasteiger partial charge on any atom is 0.242 e. The molecule has 1 N–H and O–H groups in total. The lowest BCUT2D eigenvalue weighted by Crippen LogP contribution is -2.48. The third kappa shape index (κ3) is 8.98. The number of nitrogens with one attached hydrogen (secondary N) is 1. The highest BCUT2D eigenvalue weighted by molar-refractivity contribution is 7.92. The van der Waals surface area contributed by atoms with Gasteiger partial charge in [0.05, 0.1) is 17.0 Å². The number of hydrogen-bond acceptors (Lipinski definition) is 4. The van der Waals surface area contributed by atoms with Crippen molar-refractivity contribution in [2.45, 2.75) is 59.0 Å². The highest BCUT2D eigenvalue weighted by Crippen LogP contribution is 2.31. The molecule has 0 fully saturated rings. The summed E-state index contributed by atoms with van der Waals surface area (Å²) in [5, 5.41) is 3.49. The summed E-state index contributed by atoms with van der Waals surface area (Å²) >= 11 is 12.3. The van der Waals surface area contributed by atoms with Crippen molar-refractivity contribution >= 4 is 50.7 Å². The van der Waals surface area contributed by atoms with E-state index in [0.29, 0.717) is 11.6 Å². The predicted molar refractivity (Wildman–Crippen MR) is 147 cm³/mol. The highest BCUT2D eigenvalue weighted by atomic mass is 35.5. The summed E-state index contributed by atoms with van der Waals surface area (Å²) in [6.07, 6.45) is 3.19. The van der Waals surface area contributed by atoms with Crippen molar-refractivity contribution in [2.75, 3.05) is 23.7 Å². The second-order valence-corrected chi connectivity index (χ2v) is 11.6. The number of benzene rings is 2. The van der Waals surface area contributed by atoms with Crippen molar-refractivity contribution < 1.29 is 18.0 Å². The van der Waals surface area contributed by atoms with E-state index in [9.17, 15) is 18.0 Å². The Bertz CT molecular complexity index is 1160. The minimum Gasteiger partial charge on any atom is -0.354 e. The number of sulfonamides is 1. The number of hydrogen-bond donors (Lipinski definition) is 1. The van der Waals surface area contributed by atoms with Crippen LogP contribution in [-0.4, -0.2) is 50.5 Å². The maximum atomic E-state index is 13.3. The quantitative estimate of drug-likeness (QED) is 0.345. The smallest absolute Gasteiger partial charge is 0.242 e. The Labute approximate surface area is 224 Å². The number of amides is 2. The molecule has 2 aromatic carbocycles. The first-order chi connectivity index (χ1) is 16.9. The van der Waals surface area contributed by atoms with Crippen molar-refractivity contribution in [1.82, 2.24) is 10.2 Å². The van der Waals surface area contributed by atoms with Gasteiger partial charge in [-0.25, -0.2) is 8.42 Å². The van der Waals surface area contributed by atoms with Crippen molar-refractivity contribution in [2.24, 2.45) is 0 Å². The Hall–Kier alpha value is -2.29. The summed E-state index contributed by atoms with van der Waals surface area (Å²) in [4.78, 5) is 27.6. The van der Waals surface area contributed by atoms with Gasteiger partial charge in [-0.1, -0.05) is 66.4 Å². The molecule has 2 rings (SSSR count). The minimum absolute atomic E-state index is 0.0417. The Morgan fingerprint density at radius 3 is 2.44 bits per heavy atom. The molecule has 0 saturated carbocycles. The van der Waals surface area contributed by atoms with Gasteiger partial charge in [-0.3, -0.25) is 13.9 Å². The summed E-state index contributed by atoms with van der Waals surface area (Å²) in [7, 11) is -3.67. The molecule has 2 aromatic rings. The standard InChI is InChI=1S/C26H35Cl2N3O4S/c1-5-6-14-29-26(33)20(3)30(18-21-10-7-9-19(2)16-21)25(32)11-8-15-31(36(4,34)35)24-17-22(27)12-13-23(24)28/h7,9-10,12-13,16-17,20H,5-6,8,11,14-15,18H2,1-4H3,(H,29,33)/t20-/m0/s1. The fourth-order valence-electron chi connectivity index (χ4n) is 3.79. The van der Waals surface area contributed by atoms with Crippen molar-refractivity contribution in [3.8, 4) is 0 Å². The maximum absolute atomic E-state index is 13.3. The normalized spacial score (nSPS) is 12.2. The molecule has 0 aliphatic rings. The van der Waals surface area contributed by atoms with Crippen LogP contribution >= 0.6 is 23.2 Å². The van der Waals surface area contributed by atoms with E-state index in [2.05, 4.69) is 5.32 Å². The molecule has 2 amide bonds.